The van der Waals surface area contributed by atoms with E-state index in [0.29, 0.717) is 6.42 Å². The van der Waals surface area contributed by atoms with E-state index in [9.17, 15) is 14.4 Å². The van der Waals surface area contributed by atoms with Crippen molar-refractivity contribution in [1.29, 1.82) is 0 Å². The van der Waals surface area contributed by atoms with Crippen LogP contribution in [-0.2, 0) is 19.1 Å². The Balaban J connectivity index is 2.40. The molecule has 2 N–H and O–H groups in total. The molecule has 168 valence electrons. The first-order chi connectivity index (χ1) is 13.9. The minimum absolute atomic E-state index is 0.0734. The fourth-order valence-electron chi connectivity index (χ4n) is 3.93. The number of amides is 2. The molecule has 0 spiro atoms. The van der Waals surface area contributed by atoms with E-state index in [4.69, 9.17) is 4.74 Å². The molecule has 1 atom stereocenters. The number of nitrogens with one attached hydrogen (secondary N) is 2. The highest BCUT2D eigenvalue weighted by molar-refractivity contribution is 5.87. The summed E-state index contributed by atoms with van der Waals surface area (Å²) < 4.78 is 4.77. The molecule has 1 aliphatic rings. The zero-order valence-electron chi connectivity index (χ0n) is 18.8. The second-order valence-electron chi connectivity index (χ2n) is 8.80. The first kappa shape index (κ1) is 25.4. The minimum atomic E-state index is -0.651. The third kappa shape index (κ3) is 12.6. The van der Waals surface area contributed by atoms with Crippen LogP contribution in [0.2, 0.25) is 0 Å². The van der Waals surface area contributed by atoms with Crippen LogP contribution in [-0.4, -0.2) is 37.0 Å². The molecule has 6 heteroatoms. The van der Waals surface area contributed by atoms with Crippen molar-refractivity contribution in [3.05, 3.63) is 0 Å². The van der Waals surface area contributed by atoms with Crippen LogP contribution < -0.4 is 10.6 Å². The van der Waals surface area contributed by atoms with Crippen LogP contribution >= 0.6 is 0 Å². The van der Waals surface area contributed by atoms with Gasteiger partial charge >= 0.3 is 5.97 Å². The molecule has 0 bridgehead atoms. The summed E-state index contributed by atoms with van der Waals surface area (Å²) in [5.41, 5.74) is 0. The van der Waals surface area contributed by atoms with E-state index in [1.165, 1.54) is 52.1 Å². The lowest BCUT2D eigenvalue weighted by Gasteiger charge is -2.20. The van der Waals surface area contributed by atoms with Crippen LogP contribution in [0.25, 0.3) is 0 Å². The molecule has 0 aliphatic heterocycles. The monoisotopic (exact) mass is 410 g/mol. The normalized spacial score (nSPS) is 18.2. The highest BCUT2D eigenvalue weighted by Crippen LogP contribution is 2.17. The van der Waals surface area contributed by atoms with Gasteiger partial charge in [-0.2, -0.15) is 0 Å². The predicted molar refractivity (Wildman–Crippen MR) is 115 cm³/mol. The number of carbonyl (C=O) groups is 3. The van der Waals surface area contributed by atoms with E-state index >= 15 is 0 Å². The van der Waals surface area contributed by atoms with Crippen molar-refractivity contribution in [3.8, 4) is 0 Å². The summed E-state index contributed by atoms with van der Waals surface area (Å²) in [6.07, 6.45) is 14.2. The quantitative estimate of drug-likeness (QED) is 0.586. The number of hydrogen-bond donors (Lipinski definition) is 2. The molecule has 1 unspecified atom stereocenters. The Morgan fingerprint density at radius 3 is 1.79 bits per heavy atom. The summed E-state index contributed by atoms with van der Waals surface area (Å²) in [7, 11) is 1.32. The fraction of sp³-hybridized carbons (Fsp3) is 0.870. The molecule has 0 heterocycles. The van der Waals surface area contributed by atoms with Gasteiger partial charge in [0.2, 0.25) is 11.8 Å². The molecule has 0 aromatic carbocycles. The summed E-state index contributed by atoms with van der Waals surface area (Å²) in [6.45, 7) is 3.97. The van der Waals surface area contributed by atoms with Gasteiger partial charge in [0.1, 0.15) is 6.04 Å². The molecule has 1 aliphatic carbocycles. The number of esters is 1. The zero-order chi connectivity index (χ0) is 21.5. The van der Waals surface area contributed by atoms with Crippen LogP contribution in [0.15, 0.2) is 0 Å². The van der Waals surface area contributed by atoms with E-state index in [-0.39, 0.29) is 36.6 Å². The molecule has 0 radical (unpaired) electrons. The van der Waals surface area contributed by atoms with Gasteiger partial charge in [0.05, 0.1) is 7.11 Å². The third-order valence-electron chi connectivity index (χ3n) is 5.58. The van der Waals surface area contributed by atoms with Crippen molar-refractivity contribution < 1.29 is 19.1 Å². The van der Waals surface area contributed by atoms with E-state index in [1.807, 2.05) is 13.8 Å². The second kappa shape index (κ2) is 15.3. The molecule has 0 aromatic rings. The minimum Gasteiger partial charge on any atom is -0.467 e. The molecule has 2 amide bonds. The average molecular weight is 411 g/mol. The Kier molecular flexibility index (Phi) is 13.4. The molecule has 0 aromatic heterocycles. The Morgan fingerprint density at radius 2 is 1.31 bits per heavy atom. The summed E-state index contributed by atoms with van der Waals surface area (Å²) >= 11 is 0. The molecule has 6 nitrogen and oxygen atoms in total. The standard InChI is InChI=1S/C23H42N2O4/c1-18(2)17-20(23(28)29-3)25-22(27)16-15-21(26)24-19-13-11-9-7-5-4-6-8-10-12-14-19/h18-20H,4-17H2,1-3H3,(H,24,26)(H,25,27). The van der Waals surface area contributed by atoms with Crippen LogP contribution in [0.5, 0.6) is 0 Å². The van der Waals surface area contributed by atoms with Gasteiger partial charge in [-0.05, 0) is 25.2 Å². The summed E-state index contributed by atoms with van der Waals surface area (Å²) in [4.78, 5) is 36.4. The number of methoxy groups -OCH3 is 1. The van der Waals surface area contributed by atoms with E-state index in [0.717, 1.165) is 25.7 Å². The summed E-state index contributed by atoms with van der Waals surface area (Å²) in [6, 6.07) is -0.435. The van der Waals surface area contributed by atoms with E-state index in [1.54, 1.807) is 0 Å². The molecule has 1 saturated carbocycles. The molecule has 1 fully saturated rings. The fourth-order valence-corrected chi connectivity index (χ4v) is 3.93. The number of hydrogen-bond acceptors (Lipinski definition) is 4. The van der Waals surface area contributed by atoms with Crippen molar-refractivity contribution in [1.82, 2.24) is 10.6 Å². The van der Waals surface area contributed by atoms with E-state index < -0.39 is 12.0 Å². The molecular weight excluding hydrogens is 368 g/mol. The van der Waals surface area contributed by atoms with Gasteiger partial charge in [-0.25, -0.2) is 4.79 Å². The first-order valence-corrected chi connectivity index (χ1v) is 11.6. The Bertz CT molecular complexity index is 481. The van der Waals surface area contributed by atoms with Gasteiger partial charge in [-0.15, -0.1) is 0 Å². The molecule has 1 rings (SSSR count). The highest BCUT2D eigenvalue weighted by atomic mass is 16.5. The van der Waals surface area contributed by atoms with Crippen molar-refractivity contribution in [2.45, 2.75) is 116 Å². The van der Waals surface area contributed by atoms with Gasteiger partial charge in [-0.3, -0.25) is 9.59 Å². The smallest absolute Gasteiger partial charge is 0.328 e. The SMILES string of the molecule is COC(=O)C(CC(C)C)NC(=O)CCC(=O)NC1CCCCCCCCCCC1. The van der Waals surface area contributed by atoms with Gasteiger partial charge in [0, 0.05) is 18.9 Å². The Hall–Kier alpha value is -1.59. The maximum absolute atomic E-state index is 12.4. The average Bonchev–Trinajstić information content (AvgIpc) is 2.67. The van der Waals surface area contributed by atoms with Crippen LogP contribution in [0, 0.1) is 5.92 Å². The molecule has 29 heavy (non-hydrogen) atoms. The number of ether oxygens (including phenoxy) is 1. The van der Waals surface area contributed by atoms with Gasteiger partial charge < -0.3 is 15.4 Å². The largest absolute Gasteiger partial charge is 0.467 e. The van der Waals surface area contributed by atoms with Crippen LogP contribution in [0.4, 0.5) is 0 Å². The third-order valence-corrected chi connectivity index (χ3v) is 5.58. The van der Waals surface area contributed by atoms with Gasteiger partial charge in [-0.1, -0.05) is 71.6 Å². The lowest BCUT2D eigenvalue weighted by molar-refractivity contribution is -0.145. The maximum atomic E-state index is 12.4. The zero-order valence-corrected chi connectivity index (χ0v) is 18.8. The lowest BCUT2D eigenvalue weighted by atomic mass is 9.98. The van der Waals surface area contributed by atoms with Crippen molar-refractivity contribution in [3.63, 3.8) is 0 Å². The first-order valence-electron chi connectivity index (χ1n) is 11.6. The number of carbonyl (C=O) groups excluding carboxylic acids is 3. The van der Waals surface area contributed by atoms with Crippen molar-refractivity contribution in [2.24, 2.45) is 5.92 Å². The molecule has 0 saturated heterocycles. The maximum Gasteiger partial charge on any atom is 0.328 e. The lowest BCUT2D eigenvalue weighted by Crippen LogP contribution is -2.43. The second-order valence-corrected chi connectivity index (χ2v) is 8.80. The van der Waals surface area contributed by atoms with Crippen molar-refractivity contribution >= 4 is 17.8 Å². The van der Waals surface area contributed by atoms with Crippen LogP contribution in [0.1, 0.15) is 104 Å². The summed E-state index contributed by atoms with van der Waals surface area (Å²) in [5, 5.41) is 5.85. The Morgan fingerprint density at radius 1 is 0.828 bits per heavy atom. The Labute approximate surface area is 176 Å². The topological polar surface area (TPSA) is 84.5 Å². The van der Waals surface area contributed by atoms with E-state index in [2.05, 4.69) is 10.6 Å². The van der Waals surface area contributed by atoms with Gasteiger partial charge in [0.25, 0.3) is 0 Å². The van der Waals surface area contributed by atoms with Crippen molar-refractivity contribution in [2.75, 3.05) is 7.11 Å². The highest BCUT2D eigenvalue weighted by Gasteiger charge is 2.23. The van der Waals surface area contributed by atoms with Gasteiger partial charge in [0.15, 0.2) is 0 Å². The summed E-state index contributed by atoms with van der Waals surface area (Å²) in [5.74, 6) is -0.542. The predicted octanol–water partition coefficient (Wildman–Crippen LogP) is 4.26. The van der Waals surface area contributed by atoms with Crippen LogP contribution in [0.3, 0.4) is 0 Å². The number of rotatable bonds is 8. The molecular formula is C23H42N2O4.